The topological polar surface area (TPSA) is 63.2 Å². The second kappa shape index (κ2) is 11.0. The Hall–Kier alpha value is -0.819. The standard InChI is InChI=1S/C20H38O6Si3/c1-22-20(23-2)19(21)17-11-13-18(14-12-17)24-15-10-16-28(6,7)26-29(8,9)25-27(3,4)5/h11-14,20H,10,15-16H2,1-9H3. The van der Waals surface area contributed by atoms with Crippen molar-refractivity contribution in [2.24, 2.45) is 0 Å². The molecule has 0 aromatic heterocycles. The van der Waals surface area contributed by atoms with Crippen LogP contribution in [0.3, 0.4) is 0 Å². The maximum absolute atomic E-state index is 12.2. The van der Waals surface area contributed by atoms with Crippen molar-refractivity contribution >= 4 is 31.0 Å². The van der Waals surface area contributed by atoms with Crippen LogP contribution in [0.2, 0.25) is 51.9 Å². The van der Waals surface area contributed by atoms with Gasteiger partial charge >= 0.3 is 8.56 Å². The molecule has 0 aliphatic rings. The molecular weight excluding hydrogens is 420 g/mol. The van der Waals surface area contributed by atoms with Crippen molar-refractivity contribution < 1.29 is 27.2 Å². The molecule has 29 heavy (non-hydrogen) atoms. The van der Waals surface area contributed by atoms with E-state index in [9.17, 15) is 4.79 Å². The summed E-state index contributed by atoms with van der Waals surface area (Å²) < 4.78 is 28.7. The van der Waals surface area contributed by atoms with Gasteiger partial charge in [-0.2, -0.15) is 0 Å². The SMILES string of the molecule is COC(OC)C(=O)c1ccc(OCCC[Si](C)(C)O[Si](C)(C)O[Si](C)(C)C)cc1. The second-order valence-corrected chi connectivity index (χ2v) is 21.8. The maximum Gasteiger partial charge on any atom is 0.311 e. The van der Waals surface area contributed by atoms with Gasteiger partial charge < -0.3 is 22.4 Å². The second-order valence-electron chi connectivity index (χ2n) is 9.12. The molecule has 0 amide bonds. The van der Waals surface area contributed by atoms with Crippen molar-refractivity contribution in [2.45, 2.75) is 64.6 Å². The van der Waals surface area contributed by atoms with Gasteiger partial charge in [0.05, 0.1) is 6.61 Å². The first-order valence-corrected chi connectivity index (χ1v) is 19.4. The molecule has 0 N–H and O–H groups in total. The van der Waals surface area contributed by atoms with Crippen LogP contribution in [0.1, 0.15) is 16.8 Å². The molecule has 0 saturated heterocycles. The van der Waals surface area contributed by atoms with Crippen LogP contribution in [-0.2, 0) is 17.7 Å². The van der Waals surface area contributed by atoms with E-state index >= 15 is 0 Å². The minimum absolute atomic E-state index is 0.209. The van der Waals surface area contributed by atoms with Crippen molar-refractivity contribution in [3.05, 3.63) is 29.8 Å². The van der Waals surface area contributed by atoms with Crippen LogP contribution in [0.4, 0.5) is 0 Å². The van der Waals surface area contributed by atoms with Crippen LogP contribution in [0.15, 0.2) is 24.3 Å². The summed E-state index contributed by atoms with van der Waals surface area (Å²) in [5.74, 6) is 0.531. The van der Waals surface area contributed by atoms with Gasteiger partial charge in [0.15, 0.2) is 16.6 Å². The summed E-state index contributed by atoms with van der Waals surface area (Å²) in [6, 6.07) is 8.07. The van der Waals surface area contributed by atoms with Gasteiger partial charge in [-0.05, 0) is 82.6 Å². The van der Waals surface area contributed by atoms with Crippen LogP contribution in [0.5, 0.6) is 5.75 Å². The summed E-state index contributed by atoms with van der Waals surface area (Å²) in [6.45, 7) is 16.0. The zero-order valence-corrected chi connectivity index (χ0v) is 22.5. The Morgan fingerprint density at radius 3 is 1.93 bits per heavy atom. The van der Waals surface area contributed by atoms with Crippen LogP contribution in [0, 0.1) is 0 Å². The Bertz CT molecular complexity index is 637. The van der Waals surface area contributed by atoms with Crippen LogP contribution in [0.25, 0.3) is 0 Å². The van der Waals surface area contributed by atoms with Crippen LogP contribution < -0.4 is 4.74 Å². The predicted octanol–water partition coefficient (Wildman–Crippen LogP) is 5.03. The van der Waals surface area contributed by atoms with E-state index in [1.807, 2.05) is 0 Å². The fourth-order valence-corrected chi connectivity index (χ4v) is 16.5. The Kier molecular flexibility index (Phi) is 9.93. The van der Waals surface area contributed by atoms with Crippen molar-refractivity contribution in [1.82, 2.24) is 0 Å². The van der Waals surface area contributed by atoms with Crippen LogP contribution in [-0.4, -0.2) is 58.1 Å². The van der Waals surface area contributed by atoms with E-state index in [1.165, 1.54) is 14.2 Å². The zero-order chi connectivity index (χ0) is 22.3. The molecule has 0 atom stereocenters. The number of hydrogen-bond acceptors (Lipinski definition) is 6. The predicted molar refractivity (Wildman–Crippen MR) is 124 cm³/mol. The first-order valence-electron chi connectivity index (χ1n) is 10.0. The molecule has 9 heteroatoms. The Balaban J connectivity index is 2.48. The highest BCUT2D eigenvalue weighted by Gasteiger charge is 2.37. The van der Waals surface area contributed by atoms with E-state index < -0.39 is 31.5 Å². The first kappa shape index (κ1) is 26.2. The molecule has 166 valence electrons. The summed E-state index contributed by atoms with van der Waals surface area (Å²) in [6.07, 6.45) is 0.0407. The average Bonchev–Trinajstić information content (AvgIpc) is 2.57. The average molecular weight is 459 g/mol. The molecule has 0 saturated carbocycles. The molecular formula is C20H38O6Si3. The number of Topliss-reactive ketones (excluding diaryl/α,β-unsaturated/α-hetero) is 1. The highest BCUT2D eigenvalue weighted by molar-refractivity contribution is 6.87. The third kappa shape index (κ3) is 10.2. The maximum atomic E-state index is 12.2. The molecule has 0 aliphatic heterocycles. The number of carbonyl (C=O) groups is 1. The van der Waals surface area contributed by atoms with E-state index in [0.29, 0.717) is 12.2 Å². The molecule has 0 heterocycles. The first-order chi connectivity index (χ1) is 13.3. The molecule has 0 spiro atoms. The number of rotatable bonds is 13. The van der Waals surface area contributed by atoms with Crippen LogP contribution >= 0.6 is 0 Å². The third-order valence-electron chi connectivity index (χ3n) is 4.05. The van der Waals surface area contributed by atoms with Crippen molar-refractivity contribution in [2.75, 3.05) is 20.8 Å². The number of ketones is 1. The van der Waals surface area contributed by atoms with E-state index in [4.69, 9.17) is 22.4 Å². The highest BCUT2D eigenvalue weighted by atomic mass is 28.5. The third-order valence-corrected chi connectivity index (χ3v) is 14.2. The van der Waals surface area contributed by atoms with Crippen molar-refractivity contribution in [3.63, 3.8) is 0 Å². The Labute approximate surface area is 179 Å². The summed E-state index contributed by atoms with van der Waals surface area (Å²) in [5.41, 5.74) is 0.530. The van der Waals surface area contributed by atoms with Gasteiger partial charge in [-0.1, -0.05) is 0 Å². The lowest BCUT2D eigenvalue weighted by Crippen LogP contribution is -2.51. The monoisotopic (exact) mass is 458 g/mol. The summed E-state index contributed by atoms with van der Waals surface area (Å²) >= 11 is 0. The quantitative estimate of drug-likeness (QED) is 0.179. The molecule has 0 unspecified atom stereocenters. The van der Waals surface area contributed by atoms with Crippen molar-refractivity contribution in [3.8, 4) is 5.75 Å². The molecule has 6 nitrogen and oxygen atoms in total. The van der Waals surface area contributed by atoms with E-state index in [2.05, 4.69) is 45.8 Å². The minimum Gasteiger partial charge on any atom is -0.494 e. The highest BCUT2D eigenvalue weighted by Crippen LogP contribution is 2.24. The lowest BCUT2D eigenvalue weighted by molar-refractivity contribution is -0.0742. The molecule has 1 aromatic carbocycles. The van der Waals surface area contributed by atoms with E-state index in [1.54, 1.807) is 24.3 Å². The van der Waals surface area contributed by atoms with Gasteiger partial charge in [0.25, 0.3) is 0 Å². The van der Waals surface area contributed by atoms with Gasteiger partial charge in [0.1, 0.15) is 5.75 Å². The number of benzene rings is 1. The lowest BCUT2D eigenvalue weighted by Gasteiger charge is -2.37. The molecule has 0 fully saturated rings. The number of ether oxygens (including phenoxy) is 3. The normalized spacial score (nSPS) is 13.0. The van der Waals surface area contributed by atoms with E-state index in [0.717, 1.165) is 18.2 Å². The van der Waals surface area contributed by atoms with Gasteiger partial charge in [0, 0.05) is 19.8 Å². The molecule has 0 aliphatic carbocycles. The van der Waals surface area contributed by atoms with Gasteiger partial charge in [-0.15, -0.1) is 0 Å². The zero-order valence-electron chi connectivity index (χ0n) is 19.5. The summed E-state index contributed by atoms with van der Waals surface area (Å²) in [4.78, 5) is 12.2. The number of hydrogen-bond donors (Lipinski definition) is 0. The lowest BCUT2D eigenvalue weighted by atomic mass is 10.1. The Morgan fingerprint density at radius 1 is 0.897 bits per heavy atom. The molecule has 0 bridgehead atoms. The van der Waals surface area contributed by atoms with E-state index in [-0.39, 0.29) is 5.78 Å². The fourth-order valence-electron chi connectivity index (χ4n) is 3.32. The van der Waals surface area contributed by atoms with Gasteiger partial charge in [-0.25, -0.2) is 0 Å². The summed E-state index contributed by atoms with van der Waals surface area (Å²) in [7, 11) is -2.63. The summed E-state index contributed by atoms with van der Waals surface area (Å²) in [5, 5.41) is 0. The number of carbonyl (C=O) groups excluding carboxylic acids is 1. The minimum atomic E-state index is -2.10. The molecule has 1 aromatic rings. The molecule has 1 rings (SSSR count). The van der Waals surface area contributed by atoms with Gasteiger partial charge in [-0.3, -0.25) is 4.79 Å². The Morgan fingerprint density at radius 2 is 1.45 bits per heavy atom. The largest absolute Gasteiger partial charge is 0.494 e. The molecule has 0 radical (unpaired) electrons. The fraction of sp³-hybridized carbons (Fsp3) is 0.650. The van der Waals surface area contributed by atoms with Crippen molar-refractivity contribution in [1.29, 1.82) is 0 Å². The smallest absolute Gasteiger partial charge is 0.311 e. The number of methoxy groups -OCH3 is 2. The van der Waals surface area contributed by atoms with Gasteiger partial charge in [0.2, 0.25) is 12.1 Å².